The second-order valence-electron chi connectivity index (χ2n) is 9.40. The molecule has 2 aromatic carbocycles. The average molecular weight is 551 g/mol. The van der Waals surface area contributed by atoms with Crippen LogP contribution in [0.5, 0.6) is 0 Å². The molecule has 0 aliphatic carbocycles. The van der Waals surface area contributed by atoms with E-state index < -0.39 is 55.4 Å². The number of benzene rings is 2. The van der Waals surface area contributed by atoms with Gasteiger partial charge < -0.3 is 40.7 Å². The molecule has 40 heavy (non-hydrogen) atoms. The number of carbonyl (C=O) groups excluding carboxylic acids is 2. The highest BCUT2D eigenvalue weighted by molar-refractivity contribution is 5.87. The number of nitrogens with one attached hydrogen (secondary N) is 3. The summed E-state index contributed by atoms with van der Waals surface area (Å²) < 4.78 is 12.4. The Hall–Kier alpha value is -4.30. The van der Waals surface area contributed by atoms with E-state index in [0.717, 1.165) is 11.1 Å². The summed E-state index contributed by atoms with van der Waals surface area (Å²) in [6.07, 6.45) is -3.30. The summed E-state index contributed by atoms with van der Waals surface area (Å²) in [5.74, 6) is -0.136. The van der Waals surface area contributed by atoms with Gasteiger partial charge in [0.2, 0.25) is 5.91 Å². The van der Waals surface area contributed by atoms with Crippen molar-refractivity contribution in [3.05, 3.63) is 83.8 Å². The van der Waals surface area contributed by atoms with Crippen LogP contribution in [-0.4, -0.2) is 74.2 Å². The van der Waals surface area contributed by atoms with Gasteiger partial charge in [-0.25, -0.2) is 14.8 Å². The summed E-state index contributed by atoms with van der Waals surface area (Å²) in [7, 11) is 0. The highest BCUT2D eigenvalue weighted by atomic mass is 16.6. The Morgan fingerprint density at radius 1 is 1.05 bits per heavy atom. The third-order valence-electron chi connectivity index (χ3n) is 6.68. The van der Waals surface area contributed by atoms with Gasteiger partial charge in [-0.1, -0.05) is 60.7 Å². The molecule has 1 saturated heterocycles. The lowest BCUT2D eigenvalue weighted by Crippen LogP contribution is -2.49. The summed E-state index contributed by atoms with van der Waals surface area (Å²) in [6, 6.07) is 17.4. The molecule has 1 aromatic heterocycles. The normalized spacial score (nSPS) is 24.0. The number of aliphatic hydroxyl groups is 3. The molecule has 0 saturated carbocycles. The lowest BCUT2D eigenvalue weighted by molar-refractivity contribution is -0.123. The summed E-state index contributed by atoms with van der Waals surface area (Å²) in [5.41, 5.74) is 1.97. The maximum atomic E-state index is 13.4. The van der Waals surface area contributed by atoms with E-state index in [2.05, 4.69) is 25.9 Å². The molecule has 3 aromatic rings. The number of imidazole rings is 1. The second kappa shape index (κ2) is 12.3. The Kier molecular flexibility index (Phi) is 8.36. The van der Waals surface area contributed by atoms with Gasteiger partial charge in [0, 0.05) is 6.42 Å². The SMILES string of the molecule is O=C(N[C@H](Cc1ccccc1)C(=O)N[C@@H]1N=CNc2c1ncn2[C@@H]1O[C@H](CO)[C@@H](O)[C@@H]1O)OCc1ccccc1. The summed E-state index contributed by atoms with van der Waals surface area (Å²) in [4.78, 5) is 34.7. The number of alkyl carbamates (subject to hydrolysis) is 1. The Morgan fingerprint density at radius 2 is 1.75 bits per heavy atom. The van der Waals surface area contributed by atoms with Gasteiger partial charge in [-0.2, -0.15) is 0 Å². The largest absolute Gasteiger partial charge is 0.445 e. The molecular weight excluding hydrogens is 520 g/mol. The molecule has 0 bridgehead atoms. The first-order chi connectivity index (χ1) is 19.4. The minimum absolute atomic E-state index is 0.0483. The fraction of sp³-hybridized carbons (Fsp3) is 0.333. The molecule has 5 rings (SSSR count). The van der Waals surface area contributed by atoms with Crippen molar-refractivity contribution < 1.29 is 34.4 Å². The molecule has 13 heteroatoms. The van der Waals surface area contributed by atoms with Gasteiger partial charge >= 0.3 is 6.09 Å². The van der Waals surface area contributed by atoms with E-state index in [1.807, 2.05) is 60.7 Å². The molecule has 2 aliphatic heterocycles. The minimum Gasteiger partial charge on any atom is -0.445 e. The molecule has 210 valence electrons. The van der Waals surface area contributed by atoms with Crippen molar-refractivity contribution in [1.29, 1.82) is 0 Å². The number of ether oxygens (including phenoxy) is 2. The van der Waals surface area contributed by atoms with Gasteiger partial charge in [0.05, 0.1) is 19.3 Å². The smallest absolute Gasteiger partial charge is 0.408 e. The first-order valence-electron chi connectivity index (χ1n) is 12.7. The number of hydrogen-bond donors (Lipinski definition) is 6. The summed E-state index contributed by atoms with van der Waals surface area (Å²) in [5, 5.41) is 38.4. The van der Waals surface area contributed by atoms with Crippen LogP contribution in [-0.2, 0) is 27.3 Å². The molecule has 2 aliphatic rings. The Bertz CT molecular complexity index is 1340. The van der Waals surface area contributed by atoms with Crippen molar-refractivity contribution in [2.75, 3.05) is 11.9 Å². The summed E-state index contributed by atoms with van der Waals surface area (Å²) >= 11 is 0. The van der Waals surface area contributed by atoms with Gasteiger partial charge in [-0.15, -0.1) is 0 Å². The fourth-order valence-electron chi connectivity index (χ4n) is 4.58. The van der Waals surface area contributed by atoms with Gasteiger partial charge in [0.15, 0.2) is 12.4 Å². The lowest BCUT2D eigenvalue weighted by atomic mass is 10.1. The van der Waals surface area contributed by atoms with Crippen LogP contribution in [0, 0.1) is 0 Å². The Morgan fingerprint density at radius 3 is 2.42 bits per heavy atom. The topological polar surface area (TPSA) is 180 Å². The number of amides is 2. The number of aliphatic imine (C=N–C) groups is 1. The zero-order valence-electron chi connectivity index (χ0n) is 21.3. The first kappa shape index (κ1) is 27.3. The second-order valence-corrected chi connectivity index (χ2v) is 9.40. The quantitative estimate of drug-likeness (QED) is 0.222. The third-order valence-corrected chi connectivity index (χ3v) is 6.68. The molecule has 0 unspecified atom stereocenters. The zero-order valence-corrected chi connectivity index (χ0v) is 21.3. The standard InChI is InChI=1S/C27H30N6O7/c34-12-19-21(35)22(36)26(40-19)33-15-30-20-23(28-14-29-24(20)33)32-25(37)18(11-16-7-3-1-4-8-16)31-27(38)39-13-17-9-5-2-6-10-17/h1-10,14-15,18-19,21-23,26,34-36H,11-13H2,(H,28,29)(H,31,38)(H,32,37)/t18-,19-,21-,22+,23+,26-/m1/s1. The van der Waals surface area contributed by atoms with Crippen LogP contribution in [0.25, 0.3) is 0 Å². The number of hydrogen-bond acceptors (Lipinski definition) is 10. The van der Waals surface area contributed by atoms with Gasteiger partial charge in [0.25, 0.3) is 0 Å². The van der Waals surface area contributed by atoms with Crippen molar-refractivity contribution in [3.8, 4) is 0 Å². The van der Waals surface area contributed by atoms with Crippen molar-refractivity contribution >= 4 is 24.2 Å². The van der Waals surface area contributed by atoms with Crippen LogP contribution in [0.3, 0.4) is 0 Å². The molecule has 3 heterocycles. The predicted octanol–water partition coefficient (Wildman–Crippen LogP) is 0.601. The van der Waals surface area contributed by atoms with E-state index in [1.54, 1.807) is 0 Å². The van der Waals surface area contributed by atoms with Gasteiger partial charge in [0.1, 0.15) is 42.5 Å². The number of rotatable bonds is 9. The van der Waals surface area contributed by atoms with E-state index in [1.165, 1.54) is 17.2 Å². The van der Waals surface area contributed by atoms with Crippen LogP contribution in [0.15, 0.2) is 72.0 Å². The molecule has 6 N–H and O–H groups in total. The number of anilines is 1. The number of aliphatic hydroxyl groups excluding tert-OH is 3. The highest BCUT2D eigenvalue weighted by Gasteiger charge is 2.44. The monoisotopic (exact) mass is 550 g/mol. The molecule has 13 nitrogen and oxygen atoms in total. The van der Waals surface area contributed by atoms with E-state index in [0.29, 0.717) is 11.5 Å². The number of fused-ring (bicyclic) bond motifs is 1. The molecule has 0 radical (unpaired) electrons. The van der Waals surface area contributed by atoms with Crippen molar-refractivity contribution in [3.63, 3.8) is 0 Å². The van der Waals surface area contributed by atoms with Crippen LogP contribution >= 0.6 is 0 Å². The van der Waals surface area contributed by atoms with E-state index in [-0.39, 0.29) is 13.0 Å². The summed E-state index contributed by atoms with van der Waals surface area (Å²) in [6.45, 7) is -0.421. The van der Waals surface area contributed by atoms with Gasteiger partial charge in [-0.05, 0) is 11.1 Å². The van der Waals surface area contributed by atoms with Crippen molar-refractivity contribution in [2.24, 2.45) is 4.99 Å². The van der Waals surface area contributed by atoms with Crippen molar-refractivity contribution in [2.45, 2.75) is 49.8 Å². The lowest BCUT2D eigenvalue weighted by Gasteiger charge is -2.24. The van der Waals surface area contributed by atoms with Crippen LogP contribution in [0.2, 0.25) is 0 Å². The third kappa shape index (κ3) is 5.97. The maximum Gasteiger partial charge on any atom is 0.408 e. The van der Waals surface area contributed by atoms with E-state index >= 15 is 0 Å². The van der Waals surface area contributed by atoms with E-state index in [4.69, 9.17) is 9.47 Å². The van der Waals surface area contributed by atoms with Crippen LogP contribution < -0.4 is 16.0 Å². The fourth-order valence-corrected chi connectivity index (χ4v) is 4.58. The average Bonchev–Trinajstić information content (AvgIpc) is 3.53. The molecule has 6 atom stereocenters. The maximum absolute atomic E-state index is 13.4. The Labute approximate surface area is 229 Å². The van der Waals surface area contributed by atoms with Crippen molar-refractivity contribution in [1.82, 2.24) is 20.2 Å². The number of aromatic nitrogens is 2. The molecule has 2 amide bonds. The molecular formula is C27H30N6O7. The van der Waals surface area contributed by atoms with Crippen LogP contribution in [0.4, 0.5) is 10.6 Å². The van der Waals surface area contributed by atoms with E-state index in [9.17, 15) is 24.9 Å². The van der Waals surface area contributed by atoms with Crippen LogP contribution in [0.1, 0.15) is 29.2 Å². The van der Waals surface area contributed by atoms with Gasteiger partial charge in [-0.3, -0.25) is 9.36 Å². The highest BCUT2D eigenvalue weighted by Crippen LogP contribution is 2.35. The predicted molar refractivity (Wildman–Crippen MR) is 142 cm³/mol. The first-order valence-corrected chi connectivity index (χ1v) is 12.7. The molecule has 1 fully saturated rings. The molecule has 0 spiro atoms. The number of nitrogens with zero attached hydrogens (tertiary/aromatic N) is 3. The minimum atomic E-state index is -1.31. The zero-order chi connectivity index (χ0) is 28.1. The Balaban J connectivity index is 1.29. The number of carbonyl (C=O) groups is 2.